The number of anilines is 1. The molecule has 98 valence electrons. The first-order valence-corrected chi connectivity index (χ1v) is 6.44. The first-order valence-electron chi connectivity index (χ1n) is 6.44. The fourth-order valence-electron chi connectivity index (χ4n) is 2.56. The SMILES string of the molecule is Cc1cnc(NC2CCCC(C)C2)cc1[N+](=O)[O-]. The Bertz CT molecular complexity index is 448. The van der Waals surface area contributed by atoms with Crippen molar-refractivity contribution >= 4 is 11.5 Å². The number of hydrogen-bond acceptors (Lipinski definition) is 4. The fourth-order valence-corrected chi connectivity index (χ4v) is 2.56. The van der Waals surface area contributed by atoms with Gasteiger partial charge in [0, 0.05) is 17.8 Å². The van der Waals surface area contributed by atoms with Gasteiger partial charge in [0.25, 0.3) is 5.69 Å². The largest absolute Gasteiger partial charge is 0.367 e. The molecule has 5 nitrogen and oxygen atoms in total. The second kappa shape index (κ2) is 5.33. The molecule has 1 saturated carbocycles. The van der Waals surface area contributed by atoms with Crippen LogP contribution in [0.5, 0.6) is 0 Å². The number of nitro groups is 1. The van der Waals surface area contributed by atoms with E-state index in [1.54, 1.807) is 13.1 Å². The highest BCUT2D eigenvalue weighted by Gasteiger charge is 2.20. The molecule has 0 bridgehead atoms. The van der Waals surface area contributed by atoms with E-state index in [0.29, 0.717) is 17.4 Å². The van der Waals surface area contributed by atoms with E-state index in [-0.39, 0.29) is 10.6 Å². The van der Waals surface area contributed by atoms with Crippen LogP contribution < -0.4 is 5.32 Å². The summed E-state index contributed by atoms with van der Waals surface area (Å²) in [5.41, 5.74) is 0.735. The fraction of sp³-hybridized carbons (Fsp3) is 0.615. The summed E-state index contributed by atoms with van der Waals surface area (Å²) in [4.78, 5) is 14.7. The molecule has 5 heteroatoms. The molecule has 18 heavy (non-hydrogen) atoms. The molecule has 2 unspecified atom stereocenters. The summed E-state index contributed by atoms with van der Waals surface area (Å²) in [7, 11) is 0. The highest BCUT2D eigenvalue weighted by Crippen LogP contribution is 2.27. The monoisotopic (exact) mass is 249 g/mol. The van der Waals surface area contributed by atoms with Gasteiger partial charge in [-0.25, -0.2) is 4.98 Å². The summed E-state index contributed by atoms with van der Waals surface area (Å²) < 4.78 is 0. The van der Waals surface area contributed by atoms with Gasteiger partial charge in [-0.1, -0.05) is 19.8 Å². The van der Waals surface area contributed by atoms with E-state index in [1.807, 2.05) is 0 Å². The maximum atomic E-state index is 10.9. The zero-order valence-corrected chi connectivity index (χ0v) is 10.8. The van der Waals surface area contributed by atoms with E-state index < -0.39 is 0 Å². The number of pyridine rings is 1. The minimum atomic E-state index is -0.355. The van der Waals surface area contributed by atoms with Crippen molar-refractivity contribution in [2.75, 3.05) is 5.32 Å². The Labute approximate surface area is 107 Å². The molecule has 1 N–H and O–H groups in total. The first-order chi connectivity index (χ1) is 8.56. The topological polar surface area (TPSA) is 68.1 Å². The zero-order valence-electron chi connectivity index (χ0n) is 10.8. The molecular weight excluding hydrogens is 230 g/mol. The predicted octanol–water partition coefficient (Wildman–Crippen LogP) is 3.29. The summed E-state index contributed by atoms with van der Waals surface area (Å²) in [6, 6.07) is 1.93. The molecule has 1 heterocycles. The van der Waals surface area contributed by atoms with E-state index in [1.165, 1.54) is 18.9 Å². The maximum Gasteiger partial charge on any atom is 0.277 e. The molecule has 0 amide bonds. The van der Waals surface area contributed by atoms with Crippen LogP contribution in [0, 0.1) is 23.0 Å². The number of aromatic nitrogens is 1. The average Bonchev–Trinajstić information content (AvgIpc) is 2.31. The lowest BCUT2D eigenvalue weighted by Crippen LogP contribution is -2.26. The Morgan fingerprint density at radius 3 is 2.94 bits per heavy atom. The normalized spacial score (nSPS) is 23.7. The van der Waals surface area contributed by atoms with E-state index in [2.05, 4.69) is 17.2 Å². The van der Waals surface area contributed by atoms with Gasteiger partial charge in [0.2, 0.25) is 0 Å². The lowest BCUT2D eigenvalue weighted by Gasteiger charge is -2.27. The van der Waals surface area contributed by atoms with Crippen molar-refractivity contribution in [3.8, 4) is 0 Å². The third-order valence-corrected chi connectivity index (χ3v) is 3.56. The van der Waals surface area contributed by atoms with Gasteiger partial charge in [-0.15, -0.1) is 0 Å². The van der Waals surface area contributed by atoms with Crippen LogP contribution in [0.4, 0.5) is 11.5 Å². The number of aryl methyl sites for hydroxylation is 1. The summed E-state index contributed by atoms with van der Waals surface area (Å²) in [5, 5.41) is 14.2. The smallest absolute Gasteiger partial charge is 0.277 e. The third kappa shape index (κ3) is 2.97. The van der Waals surface area contributed by atoms with Crippen molar-refractivity contribution in [3.63, 3.8) is 0 Å². The zero-order chi connectivity index (χ0) is 13.1. The second-order valence-electron chi connectivity index (χ2n) is 5.23. The summed E-state index contributed by atoms with van der Waals surface area (Å²) in [6.07, 6.45) is 6.29. The van der Waals surface area contributed by atoms with Crippen molar-refractivity contribution in [2.24, 2.45) is 5.92 Å². The van der Waals surface area contributed by atoms with E-state index in [9.17, 15) is 10.1 Å². The maximum absolute atomic E-state index is 10.9. The summed E-state index contributed by atoms with van der Waals surface area (Å²) in [5.74, 6) is 1.34. The molecule has 1 fully saturated rings. The first kappa shape index (κ1) is 12.8. The minimum absolute atomic E-state index is 0.136. The second-order valence-corrected chi connectivity index (χ2v) is 5.23. The molecule has 1 aromatic heterocycles. The number of nitrogens with one attached hydrogen (secondary N) is 1. The number of hydrogen-bond donors (Lipinski definition) is 1. The van der Waals surface area contributed by atoms with Crippen molar-refractivity contribution < 1.29 is 4.92 Å². The lowest BCUT2D eigenvalue weighted by molar-refractivity contribution is -0.385. The van der Waals surface area contributed by atoms with Crippen molar-refractivity contribution in [1.82, 2.24) is 4.98 Å². The van der Waals surface area contributed by atoms with Gasteiger partial charge >= 0.3 is 0 Å². The molecule has 0 spiro atoms. The molecular formula is C13H19N3O2. The molecule has 1 aliphatic carbocycles. The molecule has 1 aromatic rings. The summed E-state index contributed by atoms with van der Waals surface area (Å²) >= 11 is 0. The van der Waals surface area contributed by atoms with Crippen molar-refractivity contribution in [1.29, 1.82) is 0 Å². The van der Waals surface area contributed by atoms with Crippen LogP contribution in [0.2, 0.25) is 0 Å². The molecule has 0 aliphatic heterocycles. The average molecular weight is 249 g/mol. The predicted molar refractivity (Wildman–Crippen MR) is 70.7 cm³/mol. The highest BCUT2D eigenvalue weighted by molar-refractivity contribution is 5.49. The van der Waals surface area contributed by atoms with Gasteiger partial charge in [-0.3, -0.25) is 10.1 Å². The lowest BCUT2D eigenvalue weighted by atomic mass is 9.87. The molecule has 0 saturated heterocycles. The molecule has 1 aliphatic rings. The van der Waals surface area contributed by atoms with Gasteiger partial charge in [-0.05, 0) is 25.7 Å². The Hall–Kier alpha value is -1.65. The van der Waals surface area contributed by atoms with Gasteiger partial charge in [0.15, 0.2) is 0 Å². The van der Waals surface area contributed by atoms with Gasteiger partial charge in [0.1, 0.15) is 5.82 Å². The van der Waals surface area contributed by atoms with Crippen LogP contribution in [0.3, 0.4) is 0 Å². The Balaban J connectivity index is 2.09. The van der Waals surface area contributed by atoms with Crippen molar-refractivity contribution in [3.05, 3.63) is 27.9 Å². The van der Waals surface area contributed by atoms with Gasteiger partial charge < -0.3 is 5.32 Å². The van der Waals surface area contributed by atoms with Gasteiger partial charge in [-0.2, -0.15) is 0 Å². The molecule has 2 atom stereocenters. The summed E-state index contributed by atoms with van der Waals surface area (Å²) in [6.45, 7) is 3.95. The number of rotatable bonds is 3. The molecule has 2 rings (SSSR count). The van der Waals surface area contributed by atoms with Crippen molar-refractivity contribution in [2.45, 2.75) is 45.6 Å². The highest BCUT2D eigenvalue weighted by atomic mass is 16.6. The Morgan fingerprint density at radius 1 is 1.50 bits per heavy atom. The Kier molecular flexibility index (Phi) is 3.79. The van der Waals surface area contributed by atoms with E-state index in [4.69, 9.17) is 0 Å². The van der Waals surface area contributed by atoms with Crippen LogP contribution in [0.1, 0.15) is 38.2 Å². The number of nitrogens with zero attached hydrogens (tertiary/aromatic N) is 2. The quantitative estimate of drug-likeness (QED) is 0.659. The minimum Gasteiger partial charge on any atom is -0.367 e. The van der Waals surface area contributed by atoms with Crippen LogP contribution >= 0.6 is 0 Å². The molecule has 0 radical (unpaired) electrons. The van der Waals surface area contributed by atoms with Crippen LogP contribution in [-0.2, 0) is 0 Å². The Morgan fingerprint density at radius 2 is 2.28 bits per heavy atom. The molecule has 0 aromatic carbocycles. The van der Waals surface area contributed by atoms with Gasteiger partial charge in [0.05, 0.1) is 11.0 Å². The van der Waals surface area contributed by atoms with E-state index in [0.717, 1.165) is 18.8 Å². The van der Waals surface area contributed by atoms with E-state index >= 15 is 0 Å². The van der Waals surface area contributed by atoms with Crippen LogP contribution in [-0.4, -0.2) is 15.9 Å². The van der Waals surface area contributed by atoms with Crippen LogP contribution in [0.15, 0.2) is 12.3 Å². The standard InChI is InChI=1S/C13H19N3O2/c1-9-4-3-5-11(6-9)15-13-7-12(16(17)18)10(2)8-14-13/h7-9,11H,3-6H2,1-2H3,(H,14,15). The third-order valence-electron chi connectivity index (χ3n) is 3.56. The van der Waals surface area contributed by atoms with Crippen LogP contribution in [0.25, 0.3) is 0 Å².